The summed E-state index contributed by atoms with van der Waals surface area (Å²) < 4.78 is 16.9. The normalized spacial score (nSPS) is 16.6. The third kappa shape index (κ3) is 6.62. The molecule has 2 bridgehead atoms. The summed E-state index contributed by atoms with van der Waals surface area (Å²) in [5, 5.41) is 11.5. The van der Waals surface area contributed by atoms with Gasteiger partial charge in [0.25, 0.3) is 0 Å². The Kier molecular flexibility index (Phi) is 9.28. The lowest BCUT2D eigenvalue weighted by molar-refractivity contribution is 0.420. The second kappa shape index (κ2) is 16.2. The van der Waals surface area contributed by atoms with Gasteiger partial charge in [-0.1, -0.05) is 152 Å². The molecule has 0 N–H and O–H groups in total. The maximum absolute atomic E-state index is 7.60. The zero-order valence-corrected chi connectivity index (χ0v) is 39.8. The molecule has 3 aromatic heterocycles. The van der Waals surface area contributed by atoms with E-state index in [1.54, 1.807) is 0 Å². The predicted molar refractivity (Wildman–Crippen MR) is 300 cm³/mol. The number of hydrogen-bond donors (Lipinski definition) is 0. The molecular formula is C67H47NO2S. The number of fused-ring (bicyclic) bond motifs is 15. The standard InChI is InChI=1S/C67H47NO2S/c1-2-12-42(13-3-1)43-24-26-44(27-25-43)66-60(33-32-56-52-17-7-5-15-50(52)49-14-4-6-16-51(49)53-18-8-11-21-62(53)70-67(56)66)68(48-29-31-55-54-19-9-10-20-61(54)69-63(55)40-48)47-30-35-65-59(39-47)58-38-46(28-34-64(58)71-65)57-37-41-22-23-45(57)36-41/h1-21,24-35,38-41,45,57H,22-23,36-37H2. The number of rotatable bonds is 6. The number of thiophene rings is 1. The monoisotopic (exact) mass is 929 g/mol. The fraction of sp³-hybridized carbons (Fsp3) is 0.104. The molecule has 0 aliphatic heterocycles. The lowest BCUT2D eigenvalue weighted by Gasteiger charge is -2.28. The van der Waals surface area contributed by atoms with Crippen LogP contribution in [-0.4, -0.2) is 0 Å². The van der Waals surface area contributed by atoms with Gasteiger partial charge in [0.05, 0.1) is 5.69 Å². The Hall–Kier alpha value is -8.18. The highest BCUT2D eigenvalue weighted by Gasteiger charge is 2.40. The first kappa shape index (κ1) is 40.7. The number of anilines is 3. The van der Waals surface area contributed by atoms with E-state index >= 15 is 0 Å². The van der Waals surface area contributed by atoms with Gasteiger partial charge in [0.15, 0.2) is 0 Å². The van der Waals surface area contributed by atoms with Crippen LogP contribution in [0.5, 0.6) is 0 Å². The van der Waals surface area contributed by atoms with Gasteiger partial charge in [-0.25, -0.2) is 0 Å². The summed E-state index contributed by atoms with van der Waals surface area (Å²) in [6.07, 6.45) is 5.51. The van der Waals surface area contributed by atoms with E-state index in [-0.39, 0.29) is 0 Å². The van der Waals surface area contributed by atoms with Crippen molar-refractivity contribution in [1.82, 2.24) is 0 Å². The second-order valence-corrected chi connectivity index (χ2v) is 21.0. The average molecular weight is 930 g/mol. The van der Waals surface area contributed by atoms with E-state index in [0.717, 1.165) is 106 Å². The van der Waals surface area contributed by atoms with Crippen LogP contribution in [0.4, 0.5) is 17.1 Å². The van der Waals surface area contributed by atoms with Crippen molar-refractivity contribution in [1.29, 1.82) is 0 Å². The van der Waals surface area contributed by atoms with Crippen molar-refractivity contribution in [2.75, 3.05) is 4.90 Å². The number of para-hydroxylation sites is 2. The molecule has 2 saturated carbocycles. The molecule has 10 aromatic carbocycles. The van der Waals surface area contributed by atoms with Crippen LogP contribution < -0.4 is 4.90 Å². The lowest BCUT2D eigenvalue weighted by Crippen LogP contribution is -2.11. The number of hydrogen-bond acceptors (Lipinski definition) is 4. The summed E-state index contributed by atoms with van der Waals surface area (Å²) in [7, 11) is 0. The summed E-state index contributed by atoms with van der Waals surface area (Å²) in [5.41, 5.74) is 12.3. The van der Waals surface area contributed by atoms with Gasteiger partial charge in [-0.05, 0) is 148 Å². The van der Waals surface area contributed by atoms with E-state index in [4.69, 9.17) is 8.83 Å². The Morgan fingerprint density at radius 2 is 0.930 bits per heavy atom. The topological polar surface area (TPSA) is 29.5 Å². The van der Waals surface area contributed by atoms with Gasteiger partial charge in [0.1, 0.15) is 22.3 Å². The van der Waals surface area contributed by atoms with Crippen LogP contribution in [0.25, 0.3) is 108 Å². The summed E-state index contributed by atoms with van der Waals surface area (Å²) in [4.78, 5) is 2.44. The third-order valence-electron chi connectivity index (χ3n) is 16.0. The van der Waals surface area contributed by atoms with Crippen LogP contribution in [0.3, 0.4) is 0 Å². The minimum atomic E-state index is 0.662. The van der Waals surface area contributed by atoms with E-state index in [1.165, 1.54) is 62.4 Å². The first-order valence-corrected chi connectivity index (χ1v) is 25.9. The fourth-order valence-electron chi connectivity index (χ4n) is 12.7. The molecule has 71 heavy (non-hydrogen) atoms. The zero-order chi connectivity index (χ0) is 46.6. The largest absolute Gasteiger partial charge is 0.456 e. The van der Waals surface area contributed by atoms with Crippen LogP contribution in [-0.2, 0) is 0 Å². The SMILES string of the molecule is c1ccc(-c2ccc(-c3c(N(c4ccc5c(c4)oc4ccccc45)c4ccc5sc6ccc(C7CC8CCC7C8)cc6c5c4)ccc4c3oc3ccccc3c3ccccc3c3ccccc43)cc2)cc1. The molecule has 2 aliphatic carbocycles. The summed E-state index contributed by atoms with van der Waals surface area (Å²) in [6, 6.07) is 79.9. The van der Waals surface area contributed by atoms with E-state index in [1.807, 2.05) is 17.4 Å². The molecule has 13 aromatic rings. The van der Waals surface area contributed by atoms with Gasteiger partial charge in [-0.3, -0.25) is 0 Å². The van der Waals surface area contributed by atoms with Gasteiger partial charge >= 0.3 is 0 Å². The zero-order valence-electron chi connectivity index (χ0n) is 39.0. The Labute approximate surface area is 415 Å². The van der Waals surface area contributed by atoms with Crippen molar-refractivity contribution in [3.63, 3.8) is 0 Å². The van der Waals surface area contributed by atoms with Crippen molar-refractivity contribution in [3.05, 3.63) is 224 Å². The Morgan fingerprint density at radius 1 is 0.380 bits per heavy atom. The van der Waals surface area contributed by atoms with Crippen molar-refractivity contribution < 1.29 is 8.83 Å². The number of nitrogens with zero attached hydrogens (tertiary/aromatic N) is 1. The molecule has 15 rings (SSSR count). The van der Waals surface area contributed by atoms with E-state index in [2.05, 4.69) is 217 Å². The van der Waals surface area contributed by atoms with E-state index in [0.29, 0.717) is 5.92 Å². The molecule has 3 nitrogen and oxygen atoms in total. The predicted octanol–water partition coefficient (Wildman–Crippen LogP) is 20.0. The molecule has 0 saturated heterocycles. The highest BCUT2D eigenvalue weighted by Crippen LogP contribution is 2.54. The van der Waals surface area contributed by atoms with Gasteiger partial charge in [0.2, 0.25) is 0 Å². The van der Waals surface area contributed by atoms with Crippen molar-refractivity contribution in [2.24, 2.45) is 11.8 Å². The van der Waals surface area contributed by atoms with Crippen molar-refractivity contribution >= 4 is 114 Å². The van der Waals surface area contributed by atoms with Crippen molar-refractivity contribution in [2.45, 2.75) is 31.6 Å². The molecule has 0 spiro atoms. The fourth-order valence-corrected chi connectivity index (χ4v) is 13.8. The summed E-state index contributed by atoms with van der Waals surface area (Å²) >= 11 is 1.90. The maximum atomic E-state index is 7.60. The number of benzene rings is 10. The molecule has 0 amide bonds. The molecular weight excluding hydrogens is 883 g/mol. The summed E-state index contributed by atoms with van der Waals surface area (Å²) in [6.45, 7) is 0. The molecule has 3 heterocycles. The van der Waals surface area contributed by atoms with Gasteiger partial charge in [-0.15, -0.1) is 11.3 Å². The highest BCUT2D eigenvalue weighted by atomic mass is 32.1. The molecule has 3 unspecified atom stereocenters. The average Bonchev–Trinajstić information content (AvgIpc) is 4.24. The third-order valence-corrected chi connectivity index (χ3v) is 17.2. The molecule has 2 aliphatic rings. The van der Waals surface area contributed by atoms with Gasteiger partial charge < -0.3 is 13.7 Å². The molecule has 4 heteroatoms. The van der Waals surface area contributed by atoms with Crippen LogP contribution in [0.2, 0.25) is 0 Å². The van der Waals surface area contributed by atoms with Crippen LogP contribution >= 0.6 is 11.3 Å². The van der Waals surface area contributed by atoms with E-state index in [9.17, 15) is 0 Å². The van der Waals surface area contributed by atoms with Gasteiger partial charge in [-0.2, -0.15) is 0 Å². The molecule has 338 valence electrons. The molecule has 3 atom stereocenters. The Balaban J connectivity index is 1.05. The van der Waals surface area contributed by atoms with Crippen LogP contribution in [0, 0.1) is 11.8 Å². The first-order valence-electron chi connectivity index (χ1n) is 25.1. The first-order chi connectivity index (χ1) is 35.2. The maximum Gasteiger partial charge on any atom is 0.145 e. The highest BCUT2D eigenvalue weighted by molar-refractivity contribution is 7.25. The Bertz CT molecular complexity index is 4330. The van der Waals surface area contributed by atoms with Gasteiger partial charge in [0, 0.05) is 64.7 Å². The molecule has 2 fully saturated rings. The minimum absolute atomic E-state index is 0.662. The molecule has 0 radical (unpaired) electrons. The lowest BCUT2D eigenvalue weighted by atomic mass is 9.83. The smallest absolute Gasteiger partial charge is 0.145 e. The van der Waals surface area contributed by atoms with E-state index < -0.39 is 0 Å². The quantitative estimate of drug-likeness (QED) is 0.166. The number of furan rings is 1. The van der Waals surface area contributed by atoms with Crippen molar-refractivity contribution in [3.8, 4) is 22.3 Å². The summed E-state index contributed by atoms with van der Waals surface area (Å²) in [5.74, 6) is 2.37. The second-order valence-electron chi connectivity index (χ2n) is 19.9. The minimum Gasteiger partial charge on any atom is -0.456 e. The Morgan fingerprint density at radius 3 is 1.65 bits per heavy atom. The van der Waals surface area contributed by atoms with Crippen LogP contribution in [0.1, 0.15) is 37.2 Å². The van der Waals surface area contributed by atoms with Crippen LogP contribution in [0.15, 0.2) is 227 Å².